The summed E-state index contributed by atoms with van der Waals surface area (Å²) in [5.41, 5.74) is 16.9. The van der Waals surface area contributed by atoms with Crippen LogP contribution in [-0.4, -0.2) is 19.9 Å². The van der Waals surface area contributed by atoms with Crippen LogP contribution in [0.3, 0.4) is 0 Å². The van der Waals surface area contributed by atoms with E-state index in [9.17, 15) is 0 Å². The van der Waals surface area contributed by atoms with Gasteiger partial charge in [0.05, 0.1) is 22.8 Å². The van der Waals surface area contributed by atoms with Crippen molar-refractivity contribution in [2.45, 2.75) is 12.8 Å². The van der Waals surface area contributed by atoms with Crippen LogP contribution in [0, 0.1) is 0 Å². The molecule has 0 unspecified atom stereocenters. The molecular weight excluding hydrogens is 777 g/mol. The predicted octanol–water partition coefficient (Wildman–Crippen LogP) is 15.6. The maximum Gasteiger partial charge on any atom is 0.0737 e. The Morgan fingerprint density at radius 3 is 0.938 bits per heavy atom. The first-order valence-corrected chi connectivity index (χ1v) is 22.1. The monoisotopic (exact) mass is 816 g/mol. The van der Waals surface area contributed by atoms with Crippen molar-refractivity contribution in [3.05, 3.63) is 217 Å². The van der Waals surface area contributed by atoms with Gasteiger partial charge in [0.25, 0.3) is 0 Å². The van der Waals surface area contributed by atoms with Crippen LogP contribution in [0.15, 0.2) is 194 Å². The molecule has 13 rings (SSSR count). The number of aryl methyl sites for hydroxylation is 2. The fourth-order valence-electron chi connectivity index (χ4n) is 10.4. The number of benzene rings is 8. The summed E-state index contributed by atoms with van der Waals surface area (Å²) >= 11 is 0. The van der Waals surface area contributed by atoms with Crippen molar-refractivity contribution >= 4 is 77.3 Å². The van der Waals surface area contributed by atoms with Crippen LogP contribution in [0.25, 0.3) is 122 Å². The van der Waals surface area contributed by atoms with Crippen LogP contribution in [-0.2, 0) is 12.8 Å². The van der Waals surface area contributed by atoms with E-state index in [0.29, 0.717) is 0 Å². The molecule has 4 heteroatoms. The summed E-state index contributed by atoms with van der Waals surface area (Å²) < 4.78 is 0. The van der Waals surface area contributed by atoms with Crippen LogP contribution in [0.2, 0.25) is 0 Å². The lowest BCUT2D eigenvalue weighted by molar-refractivity contribution is 1.03. The van der Waals surface area contributed by atoms with E-state index in [2.05, 4.69) is 216 Å². The molecule has 300 valence electrons. The van der Waals surface area contributed by atoms with Gasteiger partial charge in [0.2, 0.25) is 0 Å². The quantitative estimate of drug-likeness (QED) is 0.186. The van der Waals surface area contributed by atoms with Crippen molar-refractivity contribution in [1.82, 2.24) is 19.9 Å². The summed E-state index contributed by atoms with van der Waals surface area (Å²) in [6.45, 7) is 0. The fourth-order valence-corrected chi connectivity index (χ4v) is 10.4. The van der Waals surface area contributed by atoms with Crippen molar-refractivity contribution in [2.75, 3.05) is 0 Å². The lowest BCUT2D eigenvalue weighted by Crippen LogP contribution is -1.91. The topological polar surface area (TPSA) is 57.4 Å². The Morgan fingerprint density at radius 1 is 0.281 bits per heavy atom. The second-order valence-electron chi connectivity index (χ2n) is 16.9. The highest BCUT2D eigenvalue weighted by Crippen LogP contribution is 2.42. The third-order valence-corrected chi connectivity index (χ3v) is 13.3. The molecule has 4 nitrogen and oxygen atoms in total. The number of aromatic nitrogens is 4. The second-order valence-corrected chi connectivity index (χ2v) is 16.9. The van der Waals surface area contributed by atoms with E-state index >= 15 is 0 Å². The van der Waals surface area contributed by atoms with Gasteiger partial charge < -0.3 is 9.97 Å². The van der Waals surface area contributed by atoms with Crippen molar-refractivity contribution in [3.63, 3.8) is 0 Å². The number of hydrogen-bond donors (Lipinski definition) is 2. The summed E-state index contributed by atoms with van der Waals surface area (Å²) in [6.07, 6.45) is 5.99. The molecule has 0 fully saturated rings. The molecule has 5 heterocycles. The van der Waals surface area contributed by atoms with Gasteiger partial charge in [-0.15, -0.1) is 0 Å². The summed E-state index contributed by atoms with van der Waals surface area (Å²) in [4.78, 5) is 19.4. The van der Waals surface area contributed by atoms with Crippen LogP contribution >= 0.6 is 0 Å². The molecule has 8 aromatic carbocycles. The highest BCUT2D eigenvalue weighted by Gasteiger charge is 2.23. The number of fused-ring (bicyclic) bond motifs is 12. The van der Waals surface area contributed by atoms with Crippen LogP contribution in [0.4, 0.5) is 0 Å². The Morgan fingerprint density at radius 2 is 0.578 bits per heavy atom. The summed E-state index contributed by atoms with van der Waals surface area (Å²) in [5.74, 6) is 0. The van der Waals surface area contributed by atoms with Crippen molar-refractivity contribution in [2.24, 2.45) is 0 Å². The minimum absolute atomic E-state index is 0.796. The SMILES string of the molecule is C1=Cc2nc1c(-c1cccc3ccccc13)c1ccc([nH]1)c(-c1cccc3ccccc13)c1nc(c(-c3cccc4ccccc34)c3ccc([nH]3)c2-c2cccc3ccccc23)CC1. The number of nitrogens with zero attached hydrogens (tertiary/aromatic N) is 2. The average molecular weight is 817 g/mol. The van der Waals surface area contributed by atoms with Gasteiger partial charge in [-0.2, -0.15) is 0 Å². The summed E-state index contributed by atoms with van der Waals surface area (Å²) in [6, 6.07) is 70.1. The van der Waals surface area contributed by atoms with Gasteiger partial charge >= 0.3 is 0 Å². The maximum absolute atomic E-state index is 5.76. The van der Waals surface area contributed by atoms with E-state index in [1.54, 1.807) is 0 Å². The van der Waals surface area contributed by atoms with Gasteiger partial charge in [-0.3, -0.25) is 4.98 Å². The number of aromatic amines is 2. The lowest BCUT2D eigenvalue weighted by Gasteiger charge is -2.11. The Hall–Kier alpha value is -8.34. The van der Waals surface area contributed by atoms with E-state index in [1.807, 2.05) is 0 Å². The summed E-state index contributed by atoms with van der Waals surface area (Å²) in [7, 11) is 0. The van der Waals surface area contributed by atoms with E-state index in [0.717, 1.165) is 102 Å². The van der Waals surface area contributed by atoms with Crippen molar-refractivity contribution < 1.29 is 0 Å². The molecule has 64 heavy (non-hydrogen) atoms. The minimum Gasteiger partial charge on any atom is -0.354 e. The molecule has 0 amide bonds. The Labute approximate surface area is 369 Å². The highest BCUT2D eigenvalue weighted by atomic mass is 14.8. The van der Waals surface area contributed by atoms with Gasteiger partial charge in [0, 0.05) is 44.3 Å². The van der Waals surface area contributed by atoms with E-state index in [-0.39, 0.29) is 0 Å². The molecule has 0 radical (unpaired) electrons. The van der Waals surface area contributed by atoms with Crippen molar-refractivity contribution in [3.8, 4) is 44.5 Å². The molecule has 8 bridgehead atoms. The Kier molecular flexibility index (Phi) is 8.31. The first-order chi connectivity index (χ1) is 31.7. The highest BCUT2D eigenvalue weighted by molar-refractivity contribution is 6.08. The van der Waals surface area contributed by atoms with Gasteiger partial charge in [-0.25, -0.2) is 4.98 Å². The average Bonchev–Trinajstić information content (AvgIpc) is 4.20. The number of hydrogen-bond acceptors (Lipinski definition) is 2. The number of H-pyrrole nitrogens is 2. The standard InChI is InChI=1S/C60H40N4/c1-5-21-41-37(13-1)17-9-25-45(41)57-49-29-31-51(61-49)58(46-26-10-18-38-14-2-6-22-42(38)46)53-33-35-55(63-53)60(48-28-12-20-40-16-4-8-24-44(40)48)56-36-34-54(64-56)59(52-32-30-50(57)62-52)47-27-11-19-39-15-3-7-23-43(39)47/h1-33,35,62-63H,34,36H2. The number of rotatable bonds is 4. The van der Waals surface area contributed by atoms with Gasteiger partial charge in [-0.05, 0) is 115 Å². The normalized spacial score (nSPS) is 12.5. The van der Waals surface area contributed by atoms with Gasteiger partial charge in [-0.1, -0.05) is 170 Å². The fraction of sp³-hybridized carbons (Fsp3) is 0.0333. The van der Waals surface area contributed by atoms with Crippen LogP contribution in [0.1, 0.15) is 22.8 Å². The molecular formula is C60H40N4. The zero-order valence-corrected chi connectivity index (χ0v) is 34.9. The Bertz CT molecular complexity index is 3650. The molecule has 0 saturated heterocycles. The Balaban J connectivity index is 1.24. The third kappa shape index (κ3) is 5.84. The molecule has 3 aromatic heterocycles. The molecule has 2 aliphatic rings. The molecule has 0 saturated carbocycles. The predicted molar refractivity (Wildman–Crippen MR) is 269 cm³/mol. The molecule has 0 spiro atoms. The van der Waals surface area contributed by atoms with E-state index in [4.69, 9.17) is 9.97 Å². The maximum atomic E-state index is 5.76. The minimum atomic E-state index is 0.796. The first-order valence-electron chi connectivity index (χ1n) is 22.1. The van der Waals surface area contributed by atoms with E-state index in [1.165, 1.54) is 43.1 Å². The second kappa shape index (κ2) is 14.6. The zero-order valence-electron chi connectivity index (χ0n) is 34.9. The van der Waals surface area contributed by atoms with Crippen molar-refractivity contribution in [1.29, 1.82) is 0 Å². The molecule has 2 aliphatic heterocycles. The molecule has 11 aromatic rings. The third-order valence-electron chi connectivity index (χ3n) is 13.3. The first kappa shape index (κ1) is 36.3. The molecule has 0 aliphatic carbocycles. The zero-order chi connectivity index (χ0) is 42.1. The summed E-state index contributed by atoms with van der Waals surface area (Å²) in [5, 5.41) is 9.52. The van der Waals surface area contributed by atoms with E-state index < -0.39 is 0 Å². The smallest absolute Gasteiger partial charge is 0.0737 e. The van der Waals surface area contributed by atoms with Gasteiger partial charge in [0.1, 0.15) is 0 Å². The molecule has 2 N–H and O–H groups in total. The lowest BCUT2D eigenvalue weighted by atomic mass is 9.95. The van der Waals surface area contributed by atoms with Crippen LogP contribution < -0.4 is 0 Å². The molecule has 0 atom stereocenters. The van der Waals surface area contributed by atoms with Crippen LogP contribution in [0.5, 0.6) is 0 Å². The van der Waals surface area contributed by atoms with Gasteiger partial charge in [0.15, 0.2) is 0 Å². The largest absolute Gasteiger partial charge is 0.354 e. The number of nitrogens with one attached hydrogen (secondary N) is 2.